The second kappa shape index (κ2) is 7.42. The van der Waals surface area contributed by atoms with Gasteiger partial charge in [-0.2, -0.15) is 0 Å². The number of aromatic nitrogens is 3. The topological polar surface area (TPSA) is 100 Å². The molecule has 29 heavy (non-hydrogen) atoms. The Hall–Kier alpha value is -3.62. The van der Waals surface area contributed by atoms with E-state index >= 15 is 0 Å². The largest absolute Gasteiger partial charge is 0.353 e. The molecule has 0 atom stereocenters. The van der Waals surface area contributed by atoms with Gasteiger partial charge in [0.2, 0.25) is 5.91 Å². The van der Waals surface area contributed by atoms with Gasteiger partial charge in [-0.25, -0.2) is 19.3 Å². The maximum Gasteiger partial charge on any atom is 0.258 e. The Morgan fingerprint density at radius 2 is 2.00 bits per heavy atom. The van der Waals surface area contributed by atoms with Crippen molar-refractivity contribution in [3.8, 4) is 0 Å². The number of rotatable bonds is 3. The number of nitrogens with zero attached hydrogens (tertiary/aromatic N) is 4. The summed E-state index contributed by atoms with van der Waals surface area (Å²) < 4.78 is 14.0. The van der Waals surface area contributed by atoms with Gasteiger partial charge in [-0.1, -0.05) is 0 Å². The fourth-order valence-electron chi connectivity index (χ4n) is 3.15. The van der Waals surface area contributed by atoms with Gasteiger partial charge in [-0.05, 0) is 32.0 Å². The Bertz CT molecular complexity index is 1120. The van der Waals surface area contributed by atoms with Gasteiger partial charge in [0, 0.05) is 19.2 Å². The minimum absolute atomic E-state index is 0.0555. The lowest BCUT2D eigenvalue weighted by molar-refractivity contribution is -0.120. The van der Waals surface area contributed by atoms with E-state index in [4.69, 9.17) is 0 Å². The minimum Gasteiger partial charge on any atom is -0.353 e. The van der Waals surface area contributed by atoms with E-state index in [1.807, 2.05) is 4.90 Å². The lowest BCUT2D eigenvalue weighted by atomic mass is 10.1. The Labute approximate surface area is 166 Å². The number of nitrogens with one attached hydrogen (secondary N) is 2. The summed E-state index contributed by atoms with van der Waals surface area (Å²) in [6.07, 6.45) is 1.50. The third-order valence-electron chi connectivity index (χ3n) is 4.76. The number of hydrogen-bond acceptors (Lipinski definition) is 6. The van der Waals surface area contributed by atoms with Gasteiger partial charge in [0.15, 0.2) is 0 Å². The Balaban J connectivity index is 1.58. The van der Waals surface area contributed by atoms with Gasteiger partial charge >= 0.3 is 0 Å². The standard InChI is InChI=1S/C20H19FN6O2/c1-11-12(2)25-19-15(7-13(21)8-16(19)24-11)20(29)26-14-3-4-17(23-9-14)27-6-5-22-18(28)10-27/h3-4,7-9H,5-6,10H2,1-2H3,(H,22,28)(H,26,29). The summed E-state index contributed by atoms with van der Waals surface area (Å²) in [6.45, 7) is 5.04. The molecule has 3 aromatic rings. The molecule has 2 aromatic heterocycles. The normalized spacial score (nSPS) is 14.0. The predicted octanol–water partition coefficient (Wildman–Crippen LogP) is 1.97. The molecule has 0 spiro atoms. The van der Waals surface area contributed by atoms with E-state index in [2.05, 4.69) is 25.6 Å². The number of aryl methyl sites for hydroxylation is 2. The van der Waals surface area contributed by atoms with Crippen LogP contribution in [0.1, 0.15) is 21.7 Å². The van der Waals surface area contributed by atoms with Crippen LogP contribution in [0, 0.1) is 19.7 Å². The van der Waals surface area contributed by atoms with Gasteiger partial charge in [0.25, 0.3) is 5.91 Å². The number of carbonyl (C=O) groups is 2. The monoisotopic (exact) mass is 394 g/mol. The third-order valence-corrected chi connectivity index (χ3v) is 4.76. The van der Waals surface area contributed by atoms with E-state index in [1.165, 1.54) is 12.3 Å². The lowest BCUT2D eigenvalue weighted by Gasteiger charge is -2.27. The van der Waals surface area contributed by atoms with Crippen LogP contribution in [0.15, 0.2) is 30.5 Å². The molecule has 1 fully saturated rings. The number of hydrogen-bond donors (Lipinski definition) is 2. The molecular formula is C20H19FN6O2. The van der Waals surface area contributed by atoms with E-state index in [-0.39, 0.29) is 18.0 Å². The Kier molecular flexibility index (Phi) is 4.79. The van der Waals surface area contributed by atoms with Gasteiger partial charge in [0.05, 0.1) is 40.9 Å². The molecule has 1 aromatic carbocycles. The number of amides is 2. The molecule has 1 saturated heterocycles. The molecule has 0 bridgehead atoms. The smallest absolute Gasteiger partial charge is 0.258 e. The summed E-state index contributed by atoms with van der Waals surface area (Å²) >= 11 is 0. The second-order valence-corrected chi connectivity index (χ2v) is 6.85. The Morgan fingerprint density at radius 3 is 2.72 bits per heavy atom. The van der Waals surface area contributed by atoms with Crippen molar-refractivity contribution in [3.05, 3.63) is 53.2 Å². The van der Waals surface area contributed by atoms with E-state index in [9.17, 15) is 14.0 Å². The van der Waals surface area contributed by atoms with Gasteiger partial charge in [-0.15, -0.1) is 0 Å². The van der Waals surface area contributed by atoms with Crippen LogP contribution < -0.4 is 15.5 Å². The minimum atomic E-state index is -0.558. The van der Waals surface area contributed by atoms with Crippen LogP contribution in [0.4, 0.5) is 15.9 Å². The lowest BCUT2D eigenvalue weighted by Crippen LogP contribution is -2.48. The molecule has 8 nitrogen and oxygen atoms in total. The zero-order valence-electron chi connectivity index (χ0n) is 16.0. The summed E-state index contributed by atoms with van der Waals surface area (Å²) in [5.41, 5.74) is 2.59. The van der Waals surface area contributed by atoms with Crippen LogP contribution in [0.25, 0.3) is 11.0 Å². The number of pyridine rings is 1. The number of halogens is 1. The summed E-state index contributed by atoms with van der Waals surface area (Å²) in [5, 5.41) is 5.47. The fraction of sp³-hybridized carbons (Fsp3) is 0.250. The molecule has 9 heteroatoms. The van der Waals surface area contributed by atoms with Gasteiger partial charge < -0.3 is 15.5 Å². The van der Waals surface area contributed by atoms with Crippen molar-refractivity contribution in [1.82, 2.24) is 20.3 Å². The first-order chi connectivity index (χ1) is 13.9. The highest BCUT2D eigenvalue weighted by molar-refractivity contribution is 6.11. The molecule has 3 heterocycles. The van der Waals surface area contributed by atoms with Crippen LogP contribution in [-0.2, 0) is 4.79 Å². The maximum atomic E-state index is 14.0. The van der Waals surface area contributed by atoms with E-state index in [1.54, 1.807) is 26.0 Å². The fourth-order valence-corrected chi connectivity index (χ4v) is 3.15. The highest BCUT2D eigenvalue weighted by Gasteiger charge is 2.18. The molecule has 0 radical (unpaired) electrons. The first-order valence-electron chi connectivity index (χ1n) is 9.14. The zero-order valence-corrected chi connectivity index (χ0v) is 16.0. The Morgan fingerprint density at radius 1 is 1.21 bits per heavy atom. The molecule has 0 aliphatic carbocycles. The second-order valence-electron chi connectivity index (χ2n) is 6.85. The van der Waals surface area contributed by atoms with Crippen LogP contribution in [0.3, 0.4) is 0 Å². The zero-order chi connectivity index (χ0) is 20.5. The van der Waals surface area contributed by atoms with E-state index in [0.717, 1.165) is 6.07 Å². The average molecular weight is 394 g/mol. The van der Waals surface area contributed by atoms with Crippen LogP contribution >= 0.6 is 0 Å². The van der Waals surface area contributed by atoms with E-state index < -0.39 is 11.7 Å². The van der Waals surface area contributed by atoms with Crippen molar-refractivity contribution >= 4 is 34.4 Å². The number of anilines is 2. The maximum absolute atomic E-state index is 14.0. The van der Waals surface area contributed by atoms with Gasteiger partial charge in [-0.3, -0.25) is 9.59 Å². The summed E-state index contributed by atoms with van der Waals surface area (Å²) in [7, 11) is 0. The molecule has 4 rings (SSSR count). The highest BCUT2D eigenvalue weighted by atomic mass is 19.1. The number of benzene rings is 1. The third kappa shape index (κ3) is 3.84. The van der Waals surface area contributed by atoms with E-state index in [0.29, 0.717) is 47.0 Å². The summed E-state index contributed by atoms with van der Waals surface area (Å²) in [4.78, 5) is 39.2. The van der Waals surface area contributed by atoms with Crippen molar-refractivity contribution in [3.63, 3.8) is 0 Å². The molecule has 1 aliphatic rings. The molecule has 2 amide bonds. The van der Waals surface area contributed by atoms with Crippen LogP contribution in [-0.4, -0.2) is 46.4 Å². The molecule has 2 N–H and O–H groups in total. The molecule has 1 aliphatic heterocycles. The first-order valence-corrected chi connectivity index (χ1v) is 9.14. The molecule has 0 saturated carbocycles. The van der Waals surface area contributed by atoms with Gasteiger partial charge in [0.1, 0.15) is 17.2 Å². The summed E-state index contributed by atoms with van der Waals surface area (Å²) in [5.74, 6) is -0.470. The predicted molar refractivity (Wildman–Crippen MR) is 106 cm³/mol. The molecule has 0 unspecified atom stereocenters. The summed E-state index contributed by atoms with van der Waals surface area (Å²) in [6, 6.07) is 5.83. The SMILES string of the molecule is Cc1nc2cc(F)cc(C(=O)Nc3ccc(N4CCNC(=O)C4)nc3)c2nc1C. The number of carbonyl (C=O) groups excluding carboxylic acids is 2. The van der Waals surface area contributed by atoms with Crippen LogP contribution in [0.2, 0.25) is 0 Å². The quantitative estimate of drug-likeness (QED) is 0.705. The van der Waals surface area contributed by atoms with Crippen molar-refractivity contribution in [2.75, 3.05) is 29.9 Å². The first kappa shape index (κ1) is 18.7. The van der Waals surface area contributed by atoms with Crippen molar-refractivity contribution in [1.29, 1.82) is 0 Å². The molecular weight excluding hydrogens is 375 g/mol. The number of fused-ring (bicyclic) bond motifs is 1. The molecule has 148 valence electrons. The number of piperazine rings is 1. The highest BCUT2D eigenvalue weighted by Crippen LogP contribution is 2.21. The van der Waals surface area contributed by atoms with Crippen LogP contribution in [0.5, 0.6) is 0 Å². The van der Waals surface area contributed by atoms with Crippen molar-refractivity contribution in [2.45, 2.75) is 13.8 Å². The van der Waals surface area contributed by atoms with Crippen molar-refractivity contribution < 1.29 is 14.0 Å². The average Bonchev–Trinajstić information content (AvgIpc) is 2.69. The van der Waals surface area contributed by atoms with Crippen molar-refractivity contribution in [2.24, 2.45) is 0 Å².